The normalized spacial score (nSPS) is 10.8. The molecule has 0 aliphatic rings. The van der Waals surface area contributed by atoms with Gasteiger partial charge in [0.05, 0.1) is 4.92 Å². The Morgan fingerprint density at radius 2 is 1.58 bits per heavy atom. The fourth-order valence-electron chi connectivity index (χ4n) is 3.06. The van der Waals surface area contributed by atoms with Crippen LogP contribution in [0.2, 0.25) is 0 Å². The van der Waals surface area contributed by atoms with E-state index in [-0.39, 0.29) is 11.5 Å². The van der Waals surface area contributed by atoms with Crippen molar-refractivity contribution in [3.8, 4) is 11.1 Å². The highest BCUT2D eigenvalue weighted by Gasteiger charge is 2.20. The summed E-state index contributed by atoms with van der Waals surface area (Å²) in [5, 5.41) is 10.8. The molecule has 26 heavy (non-hydrogen) atoms. The van der Waals surface area contributed by atoms with Crippen LogP contribution in [0.3, 0.4) is 0 Å². The van der Waals surface area contributed by atoms with Crippen LogP contribution < -0.4 is 0 Å². The number of hydrogen-bond donors (Lipinski definition) is 0. The van der Waals surface area contributed by atoms with Gasteiger partial charge in [-0.25, -0.2) is 0 Å². The number of nitro benzene ring substituents is 1. The zero-order valence-corrected chi connectivity index (χ0v) is 13.7. The van der Waals surface area contributed by atoms with Gasteiger partial charge in [0, 0.05) is 35.0 Å². The average Bonchev–Trinajstić information content (AvgIpc) is 3.08. The molecule has 2 aromatic heterocycles. The number of carbonyl (C=O) groups is 1. The number of fused-ring (bicyclic) bond motifs is 1. The number of hydrogen-bond acceptors (Lipinski definition) is 3. The van der Waals surface area contributed by atoms with Crippen LogP contribution in [0, 0.1) is 10.1 Å². The van der Waals surface area contributed by atoms with Crippen molar-refractivity contribution in [2.75, 3.05) is 0 Å². The van der Waals surface area contributed by atoms with Gasteiger partial charge in [0.15, 0.2) is 0 Å². The average molecular weight is 342 g/mol. The maximum Gasteiger partial charge on any atom is 0.269 e. The highest BCUT2D eigenvalue weighted by Crippen LogP contribution is 2.29. The second-order valence-corrected chi connectivity index (χ2v) is 5.90. The number of benzene rings is 2. The molecule has 2 heterocycles. The summed E-state index contributed by atoms with van der Waals surface area (Å²) in [5.74, 6) is -0.176. The molecule has 0 fully saturated rings. The summed E-state index contributed by atoms with van der Waals surface area (Å²) in [5.41, 5.74) is 3.61. The zero-order chi connectivity index (χ0) is 18.1. The first-order chi connectivity index (χ1) is 12.6. The first kappa shape index (κ1) is 15.8. The van der Waals surface area contributed by atoms with Crippen molar-refractivity contribution < 1.29 is 9.72 Å². The van der Waals surface area contributed by atoms with Crippen LogP contribution in [0.5, 0.6) is 0 Å². The lowest BCUT2D eigenvalue weighted by Crippen LogP contribution is -2.07. The SMILES string of the molecule is O=C(c1ccc([N+](=O)[O-])cc1)c1c(-c2ccccc2)cc2ccccn12. The molecule has 0 spiro atoms. The Labute approximate surface area is 149 Å². The fourth-order valence-corrected chi connectivity index (χ4v) is 3.06. The van der Waals surface area contributed by atoms with Gasteiger partial charge in [-0.15, -0.1) is 0 Å². The number of non-ortho nitro benzene ring substituents is 1. The Kier molecular flexibility index (Phi) is 3.82. The quantitative estimate of drug-likeness (QED) is 0.305. The minimum Gasteiger partial charge on any atom is -0.313 e. The molecule has 0 saturated heterocycles. The zero-order valence-electron chi connectivity index (χ0n) is 13.7. The molecule has 2 aromatic carbocycles. The molecule has 0 N–H and O–H groups in total. The molecule has 0 saturated carbocycles. The highest BCUT2D eigenvalue weighted by atomic mass is 16.6. The number of rotatable bonds is 4. The smallest absolute Gasteiger partial charge is 0.269 e. The van der Waals surface area contributed by atoms with Crippen LogP contribution >= 0.6 is 0 Å². The molecule has 5 nitrogen and oxygen atoms in total. The predicted octanol–water partition coefficient (Wildman–Crippen LogP) is 4.75. The monoisotopic (exact) mass is 342 g/mol. The number of nitro groups is 1. The molecule has 126 valence electrons. The molecule has 4 rings (SSSR count). The Balaban J connectivity index is 1.89. The van der Waals surface area contributed by atoms with Crippen LogP contribution in [0.4, 0.5) is 5.69 Å². The van der Waals surface area contributed by atoms with E-state index in [4.69, 9.17) is 0 Å². The number of nitrogens with zero attached hydrogens (tertiary/aromatic N) is 2. The van der Waals surface area contributed by atoms with E-state index in [1.54, 1.807) is 0 Å². The van der Waals surface area contributed by atoms with E-state index < -0.39 is 4.92 Å². The number of aromatic nitrogens is 1. The number of ketones is 1. The van der Waals surface area contributed by atoms with Gasteiger partial charge in [-0.2, -0.15) is 0 Å². The molecule has 0 amide bonds. The minimum absolute atomic E-state index is 0.0372. The lowest BCUT2D eigenvalue weighted by molar-refractivity contribution is -0.384. The summed E-state index contributed by atoms with van der Waals surface area (Å²) >= 11 is 0. The van der Waals surface area contributed by atoms with Crippen LogP contribution in [0.15, 0.2) is 85.1 Å². The first-order valence-electron chi connectivity index (χ1n) is 8.10. The van der Waals surface area contributed by atoms with Gasteiger partial charge in [0.1, 0.15) is 5.69 Å². The van der Waals surface area contributed by atoms with Crippen LogP contribution in [0.25, 0.3) is 16.6 Å². The lowest BCUT2D eigenvalue weighted by atomic mass is 10.00. The maximum atomic E-state index is 13.2. The van der Waals surface area contributed by atoms with Gasteiger partial charge in [-0.1, -0.05) is 36.4 Å². The molecule has 0 atom stereocenters. The summed E-state index contributed by atoms with van der Waals surface area (Å²) in [6.07, 6.45) is 1.85. The third-order valence-electron chi connectivity index (χ3n) is 4.32. The van der Waals surface area contributed by atoms with Crippen molar-refractivity contribution in [3.05, 3.63) is 106 Å². The Hall–Kier alpha value is -3.73. The third-order valence-corrected chi connectivity index (χ3v) is 4.32. The Morgan fingerprint density at radius 3 is 2.27 bits per heavy atom. The van der Waals surface area contributed by atoms with E-state index in [1.165, 1.54) is 24.3 Å². The Bertz CT molecular complexity index is 1110. The van der Waals surface area contributed by atoms with E-state index in [1.807, 2.05) is 65.2 Å². The van der Waals surface area contributed by atoms with Gasteiger partial charge in [-0.05, 0) is 35.9 Å². The largest absolute Gasteiger partial charge is 0.313 e. The van der Waals surface area contributed by atoms with E-state index >= 15 is 0 Å². The van der Waals surface area contributed by atoms with Gasteiger partial charge >= 0.3 is 0 Å². The number of pyridine rings is 1. The number of carbonyl (C=O) groups excluding carboxylic acids is 1. The summed E-state index contributed by atoms with van der Waals surface area (Å²) in [6, 6.07) is 23.1. The molecule has 0 aliphatic carbocycles. The van der Waals surface area contributed by atoms with Crippen LogP contribution in [0.1, 0.15) is 16.1 Å². The molecule has 4 aromatic rings. The maximum absolute atomic E-state index is 13.2. The third kappa shape index (κ3) is 2.65. The van der Waals surface area contributed by atoms with Crippen molar-refractivity contribution in [1.29, 1.82) is 0 Å². The summed E-state index contributed by atoms with van der Waals surface area (Å²) < 4.78 is 1.85. The minimum atomic E-state index is -0.476. The van der Waals surface area contributed by atoms with Gasteiger partial charge in [0.25, 0.3) is 5.69 Å². The molecule has 0 aliphatic heterocycles. The highest BCUT2D eigenvalue weighted by molar-refractivity contribution is 6.13. The van der Waals surface area contributed by atoms with E-state index in [9.17, 15) is 14.9 Å². The second-order valence-electron chi connectivity index (χ2n) is 5.90. The molecular formula is C21H14N2O3. The van der Waals surface area contributed by atoms with E-state index in [0.717, 1.165) is 16.6 Å². The molecule has 5 heteroatoms. The van der Waals surface area contributed by atoms with Crippen LogP contribution in [-0.2, 0) is 0 Å². The lowest BCUT2D eigenvalue weighted by Gasteiger charge is -2.07. The van der Waals surface area contributed by atoms with Crippen molar-refractivity contribution >= 4 is 17.0 Å². The summed E-state index contributed by atoms with van der Waals surface area (Å²) in [4.78, 5) is 23.6. The van der Waals surface area contributed by atoms with Gasteiger partial charge < -0.3 is 4.40 Å². The van der Waals surface area contributed by atoms with Crippen molar-refractivity contribution in [3.63, 3.8) is 0 Å². The predicted molar refractivity (Wildman–Crippen MR) is 99.4 cm³/mol. The van der Waals surface area contributed by atoms with E-state index in [2.05, 4.69) is 0 Å². The van der Waals surface area contributed by atoms with Crippen molar-refractivity contribution in [2.24, 2.45) is 0 Å². The van der Waals surface area contributed by atoms with Gasteiger partial charge in [-0.3, -0.25) is 14.9 Å². The van der Waals surface area contributed by atoms with Crippen LogP contribution in [-0.4, -0.2) is 15.1 Å². The molecule has 0 unspecified atom stereocenters. The topological polar surface area (TPSA) is 64.6 Å². The summed E-state index contributed by atoms with van der Waals surface area (Å²) in [7, 11) is 0. The van der Waals surface area contributed by atoms with Gasteiger partial charge in [0.2, 0.25) is 5.78 Å². The standard InChI is InChI=1S/C21H14N2O3/c24-21(16-9-11-17(12-10-16)23(25)26)20-19(15-6-2-1-3-7-15)14-18-8-4-5-13-22(18)20/h1-14H. The fraction of sp³-hybridized carbons (Fsp3) is 0. The second kappa shape index (κ2) is 6.29. The molecule has 0 bridgehead atoms. The van der Waals surface area contributed by atoms with Crippen molar-refractivity contribution in [2.45, 2.75) is 0 Å². The molecule has 0 radical (unpaired) electrons. The summed E-state index contributed by atoms with van der Waals surface area (Å²) in [6.45, 7) is 0. The first-order valence-corrected chi connectivity index (χ1v) is 8.10. The molecular weight excluding hydrogens is 328 g/mol. The van der Waals surface area contributed by atoms with Crippen molar-refractivity contribution in [1.82, 2.24) is 4.40 Å². The van der Waals surface area contributed by atoms with E-state index in [0.29, 0.717) is 11.3 Å². The Morgan fingerprint density at radius 1 is 0.885 bits per heavy atom.